The van der Waals surface area contributed by atoms with Crippen molar-refractivity contribution in [1.82, 2.24) is 0 Å². The molecule has 0 unspecified atom stereocenters. The summed E-state index contributed by atoms with van der Waals surface area (Å²) >= 11 is 3.35. The number of halogens is 1. The highest BCUT2D eigenvalue weighted by molar-refractivity contribution is 9.10. The van der Waals surface area contributed by atoms with Crippen molar-refractivity contribution in [3.8, 4) is 29.6 Å². The minimum atomic E-state index is 0.519. The molecule has 80 valence electrons. The number of ether oxygens (including phenoxy) is 3. The van der Waals surface area contributed by atoms with E-state index in [1.807, 2.05) is 0 Å². The van der Waals surface area contributed by atoms with Crippen molar-refractivity contribution in [1.29, 1.82) is 0 Å². The zero-order valence-electron chi connectivity index (χ0n) is 8.76. The molecule has 0 bridgehead atoms. The Bertz CT molecular complexity index is 407. The molecule has 0 aliphatic heterocycles. The molecule has 0 saturated carbocycles. The van der Waals surface area contributed by atoms with E-state index in [0.717, 1.165) is 0 Å². The Kier molecular flexibility index (Phi) is 3.87. The van der Waals surface area contributed by atoms with Crippen molar-refractivity contribution in [2.45, 2.75) is 0 Å². The van der Waals surface area contributed by atoms with Crippen LogP contribution in [0.3, 0.4) is 0 Å². The average Bonchev–Trinajstić information content (AvgIpc) is 2.28. The van der Waals surface area contributed by atoms with E-state index in [1.165, 1.54) is 0 Å². The van der Waals surface area contributed by atoms with Crippen LogP contribution in [0.4, 0.5) is 0 Å². The molecule has 0 aliphatic carbocycles. The quantitative estimate of drug-likeness (QED) is 0.790. The lowest BCUT2D eigenvalue weighted by Crippen LogP contribution is -1.97. The largest absolute Gasteiger partial charge is 0.493 e. The van der Waals surface area contributed by atoms with E-state index in [4.69, 9.17) is 20.6 Å². The van der Waals surface area contributed by atoms with E-state index in [9.17, 15) is 0 Å². The number of methoxy groups -OCH3 is 3. The van der Waals surface area contributed by atoms with Gasteiger partial charge in [-0.1, -0.05) is 5.92 Å². The zero-order chi connectivity index (χ0) is 11.4. The van der Waals surface area contributed by atoms with Gasteiger partial charge >= 0.3 is 0 Å². The van der Waals surface area contributed by atoms with Gasteiger partial charge in [-0.05, 0) is 15.9 Å². The van der Waals surface area contributed by atoms with Gasteiger partial charge in [0.2, 0.25) is 5.75 Å². The number of terminal acetylenes is 1. The lowest BCUT2D eigenvalue weighted by molar-refractivity contribution is 0.323. The molecule has 0 fully saturated rings. The van der Waals surface area contributed by atoms with Crippen LogP contribution in [-0.4, -0.2) is 21.3 Å². The van der Waals surface area contributed by atoms with Crippen LogP contribution < -0.4 is 14.2 Å². The second-order valence-electron chi connectivity index (χ2n) is 2.65. The summed E-state index contributed by atoms with van der Waals surface area (Å²) in [7, 11) is 4.64. The van der Waals surface area contributed by atoms with Crippen molar-refractivity contribution in [2.75, 3.05) is 21.3 Å². The highest BCUT2D eigenvalue weighted by Crippen LogP contribution is 2.44. The number of benzene rings is 1. The molecule has 0 amide bonds. The molecule has 1 rings (SSSR count). The Hall–Kier alpha value is -1.34. The van der Waals surface area contributed by atoms with Crippen LogP contribution in [0.5, 0.6) is 17.2 Å². The number of hydrogen-bond acceptors (Lipinski definition) is 3. The molecular weight excluding hydrogens is 260 g/mol. The molecule has 0 atom stereocenters. The molecular formula is C11H11BrO3. The first-order chi connectivity index (χ1) is 7.19. The van der Waals surface area contributed by atoms with Gasteiger partial charge in [-0.2, -0.15) is 0 Å². The minimum absolute atomic E-state index is 0.519. The van der Waals surface area contributed by atoms with Gasteiger partial charge < -0.3 is 14.2 Å². The van der Waals surface area contributed by atoms with Crippen molar-refractivity contribution in [2.24, 2.45) is 0 Å². The van der Waals surface area contributed by atoms with E-state index in [-0.39, 0.29) is 0 Å². The van der Waals surface area contributed by atoms with Gasteiger partial charge in [0.15, 0.2) is 11.5 Å². The Morgan fingerprint density at radius 3 is 2.13 bits per heavy atom. The highest BCUT2D eigenvalue weighted by atomic mass is 79.9. The van der Waals surface area contributed by atoms with E-state index in [2.05, 4.69) is 21.9 Å². The molecule has 0 saturated heterocycles. The predicted octanol–water partition coefficient (Wildman–Crippen LogP) is 2.46. The zero-order valence-corrected chi connectivity index (χ0v) is 10.3. The van der Waals surface area contributed by atoms with Crippen molar-refractivity contribution in [3.63, 3.8) is 0 Å². The standard InChI is InChI=1S/C11H11BrO3/c1-5-7-6-8(13-2)10(14-3)11(15-4)9(7)12/h1,6H,2-4H3. The monoisotopic (exact) mass is 270 g/mol. The lowest BCUT2D eigenvalue weighted by Gasteiger charge is -2.14. The van der Waals surface area contributed by atoms with Crippen LogP contribution in [0.2, 0.25) is 0 Å². The van der Waals surface area contributed by atoms with E-state index >= 15 is 0 Å². The van der Waals surface area contributed by atoms with Crippen LogP contribution in [0.1, 0.15) is 5.56 Å². The Morgan fingerprint density at radius 2 is 1.73 bits per heavy atom. The molecule has 15 heavy (non-hydrogen) atoms. The fourth-order valence-electron chi connectivity index (χ4n) is 1.23. The van der Waals surface area contributed by atoms with Crippen LogP contribution in [0.25, 0.3) is 0 Å². The molecule has 0 radical (unpaired) electrons. The summed E-state index contributed by atoms with van der Waals surface area (Å²) in [6, 6.07) is 1.71. The second kappa shape index (κ2) is 4.94. The maximum absolute atomic E-state index is 5.36. The Balaban J connectivity index is 3.51. The molecule has 0 N–H and O–H groups in total. The van der Waals surface area contributed by atoms with Gasteiger partial charge in [0.1, 0.15) is 0 Å². The van der Waals surface area contributed by atoms with Crippen molar-refractivity contribution < 1.29 is 14.2 Å². The van der Waals surface area contributed by atoms with Gasteiger partial charge in [0, 0.05) is 11.6 Å². The van der Waals surface area contributed by atoms with E-state index in [0.29, 0.717) is 27.3 Å². The normalized spacial score (nSPS) is 9.27. The average molecular weight is 271 g/mol. The summed E-state index contributed by atoms with van der Waals surface area (Å²) in [5.74, 6) is 4.13. The number of rotatable bonds is 3. The Labute approximate surface area is 97.5 Å². The first kappa shape index (κ1) is 11.7. The smallest absolute Gasteiger partial charge is 0.204 e. The van der Waals surface area contributed by atoms with Gasteiger partial charge in [0.25, 0.3) is 0 Å². The van der Waals surface area contributed by atoms with Crippen LogP contribution >= 0.6 is 15.9 Å². The number of hydrogen-bond donors (Lipinski definition) is 0. The third-order valence-electron chi connectivity index (χ3n) is 1.92. The molecule has 4 heteroatoms. The predicted molar refractivity (Wildman–Crippen MR) is 61.7 cm³/mol. The summed E-state index contributed by atoms with van der Waals surface area (Å²) < 4.78 is 16.2. The van der Waals surface area contributed by atoms with Gasteiger partial charge in [-0.3, -0.25) is 0 Å². The summed E-state index contributed by atoms with van der Waals surface area (Å²) in [6.45, 7) is 0. The third-order valence-corrected chi connectivity index (χ3v) is 2.71. The molecule has 1 aromatic rings. The summed E-state index contributed by atoms with van der Waals surface area (Å²) in [5.41, 5.74) is 0.657. The van der Waals surface area contributed by atoms with Crippen molar-refractivity contribution >= 4 is 15.9 Å². The first-order valence-corrected chi connectivity index (χ1v) is 4.94. The molecule has 0 spiro atoms. The SMILES string of the molecule is C#Cc1cc(OC)c(OC)c(OC)c1Br. The highest BCUT2D eigenvalue weighted by Gasteiger charge is 2.17. The van der Waals surface area contributed by atoms with Gasteiger partial charge in [-0.25, -0.2) is 0 Å². The molecule has 1 aromatic carbocycles. The minimum Gasteiger partial charge on any atom is -0.493 e. The summed E-state index contributed by atoms with van der Waals surface area (Å²) in [5, 5.41) is 0. The lowest BCUT2D eigenvalue weighted by atomic mass is 10.2. The first-order valence-electron chi connectivity index (χ1n) is 4.14. The maximum atomic E-state index is 5.36. The van der Waals surface area contributed by atoms with Gasteiger partial charge in [0.05, 0.1) is 25.8 Å². The molecule has 0 aliphatic rings. The summed E-state index contributed by atoms with van der Waals surface area (Å²) in [4.78, 5) is 0. The fraction of sp³-hybridized carbons (Fsp3) is 0.273. The van der Waals surface area contributed by atoms with Crippen LogP contribution in [0, 0.1) is 12.3 Å². The van der Waals surface area contributed by atoms with Crippen LogP contribution in [0.15, 0.2) is 10.5 Å². The Morgan fingerprint density at radius 1 is 1.13 bits per heavy atom. The second-order valence-corrected chi connectivity index (χ2v) is 3.44. The van der Waals surface area contributed by atoms with Crippen LogP contribution in [-0.2, 0) is 0 Å². The van der Waals surface area contributed by atoms with Gasteiger partial charge in [-0.15, -0.1) is 6.42 Å². The fourth-order valence-corrected chi connectivity index (χ4v) is 1.80. The van der Waals surface area contributed by atoms with E-state index < -0.39 is 0 Å². The molecule has 3 nitrogen and oxygen atoms in total. The topological polar surface area (TPSA) is 27.7 Å². The maximum Gasteiger partial charge on any atom is 0.204 e. The molecule has 0 aromatic heterocycles. The van der Waals surface area contributed by atoms with E-state index in [1.54, 1.807) is 27.4 Å². The summed E-state index contributed by atoms with van der Waals surface area (Å²) in [6.07, 6.45) is 5.36. The van der Waals surface area contributed by atoms with Crippen molar-refractivity contribution in [3.05, 3.63) is 16.1 Å². The third kappa shape index (κ3) is 2.02. The molecule has 0 heterocycles.